The van der Waals surface area contributed by atoms with E-state index in [9.17, 15) is 14.7 Å². The molecule has 0 spiro atoms. The summed E-state index contributed by atoms with van der Waals surface area (Å²) in [5, 5.41) is 9.75. The summed E-state index contributed by atoms with van der Waals surface area (Å²) in [6.07, 6.45) is 9.38. The highest BCUT2D eigenvalue weighted by Gasteiger charge is 2.51. The summed E-state index contributed by atoms with van der Waals surface area (Å²) in [5.74, 6) is 0.610. The second-order valence-electron chi connectivity index (χ2n) is 12.2. The zero-order valence-corrected chi connectivity index (χ0v) is 20.7. The van der Waals surface area contributed by atoms with Crippen LogP contribution in [0.15, 0.2) is 12.1 Å². The Bertz CT molecular complexity index is 1000. The van der Waals surface area contributed by atoms with E-state index < -0.39 is 29.8 Å². The molecule has 1 saturated heterocycles. The molecule has 6 aliphatic rings. The molecule has 1 aliphatic heterocycles. The number of nitrogens with zero attached hydrogens (tertiary/aromatic N) is 1. The number of rotatable bonds is 7. The predicted molar refractivity (Wildman–Crippen MR) is 127 cm³/mol. The van der Waals surface area contributed by atoms with E-state index in [1.54, 1.807) is 13.0 Å². The van der Waals surface area contributed by atoms with Crippen molar-refractivity contribution in [2.24, 2.45) is 29.1 Å². The molecule has 35 heavy (non-hydrogen) atoms. The van der Waals surface area contributed by atoms with Gasteiger partial charge >= 0.3 is 5.97 Å². The van der Waals surface area contributed by atoms with Gasteiger partial charge in [0.1, 0.15) is 17.6 Å². The number of aliphatic carboxylic acids is 1. The van der Waals surface area contributed by atoms with Crippen molar-refractivity contribution in [3.63, 3.8) is 0 Å². The van der Waals surface area contributed by atoms with Crippen molar-refractivity contribution in [3.05, 3.63) is 29.1 Å². The molecule has 1 aromatic rings. The fourth-order valence-corrected chi connectivity index (χ4v) is 8.24. The van der Waals surface area contributed by atoms with Crippen LogP contribution in [0.25, 0.3) is 0 Å². The van der Waals surface area contributed by atoms with Gasteiger partial charge in [-0.15, -0.1) is 0 Å². The average molecular weight is 486 g/mol. The zero-order chi connectivity index (χ0) is 24.5. The Labute approximate surface area is 206 Å². The minimum absolute atomic E-state index is 0.0655. The lowest BCUT2D eigenvalue weighted by Gasteiger charge is -2.56. The summed E-state index contributed by atoms with van der Waals surface area (Å²) in [7, 11) is 1.51. The molecular formula is C28H36FNO5. The smallest absolute Gasteiger partial charge is 0.326 e. The van der Waals surface area contributed by atoms with Crippen LogP contribution >= 0.6 is 0 Å². The zero-order valence-electron chi connectivity index (χ0n) is 20.7. The van der Waals surface area contributed by atoms with Gasteiger partial charge in [-0.25, -0.2) is 9.18 Å². The molecule has 1 N–H and O–H groups in total. The van der Waals surface area contributed by atoms with Gasteiger partial charge in [0.05, 0.1) is 18.3 Å². The van der Waals surface area contributed by atoms with E-state index in [1.165, 1.54) is 56.6 Å². The molecule has 0 radical (unpaired) electrons. The normalized spacial score (nSPS) is 37.6. The average Bonchev–Trinajstić information content (AvgIpc) is 3.58. The largest absolute Gasteiger partial charge is 0.493 e. The Kier molecular flexibility index (Phi) is 5.62. The number of benzene rings is 1. The molecule has 6 fully saturated rings. The summed E-state index contributed by atoms with van der Waals surface area (Å²) in [5.41, 5.74) is 1.04. The molecular weight excluding hydrogens is 449 g/mol. The lowest BCUT2D eigenvalue weighted by atomic mass is 9.50. The molecule has 190 valence electrons. The van der Waals surface area contributed by atoms with Gasteiger partial charge in [0, 0.05) is 31.1 Å². The van der Waals surface area contributed by atoms with Gasteiger partial charge in [0.25, 0.3) is 5.91 Å². The Morgan fingerprint density at radius 3 is 2.29 bits per heavy atom. The topological polar surface area (TPSA) is 76.1 Å². The fraction of sp³-hybridized carbons (Fsp3) is 0.714. The highest BCUT2D eigenvalue weighted by atomic mass is 19.1. The number of carbonyl (C=O) groups excluding carboxylic acids is 1. The van der Waals surface area contributed by atoms with Gasteiger partial charge in [-0.2, -0.15) is 0 Å². The van der Waals surface area contributed by atoms with E-state index in [4.69, 9.17) is 9.47 Å². The van der Waals surface area contributed by atoms with Crippen molar-refractivity contribution in [3.8, 4) is 5.75 Å². The quantitative estimate of drug-likeness (QED) is 0.597. The number of likely N-dealkylation sites (tertiary alicyclic amines) is 1. The molecule has 0 aromatic heterocycles. The van der Waals surface area contributed by atoms with Crippen LogP contribution in [0.5, 0.6) is 5.75 Å². The van der Waals surface area contributed by atoms with Crippen molar-refractivity contribution >= 4 is 11.9 Å². The maximum absolute atomic E-state index is 15.4. The molecule has 4 bridgehead atoms. The van der Waals surface area contributed by atoms with E-state index in [1.807, 2.05) is 0 Å². The SMILES string of the molecule is CO[C@H]1CN(C(=O)c2cc(C3CC3)c(OCC34CC5CC(CC(C5)C3)C4)cc2F)[C@H](C(=O)O)C1C. The predicted octanol–water partition coefficient (Wildman–Crippen LogP) is 4.86. The van der Waals surface area contributed by atoms with Crippen LogP contribution in [0.2, 0.25) is 0 Å². The number of hydrogen-bond acceptors (Lipinski definition) is 4. The van der Waals surface area contributed by atoms with E-state index >= 15 is 4.39 Å². The standard InChI is InChI=1S/C28H36FNO5/c1-15-24(34-2)13-30(25(15)27(32)33)26(31)21-8-20(19-3-4-19)23(9-22(21)29)35-14-28-10-16-5-17(11-28)7-18(6-16)12-28/h8-9,15-19,24-25H,3-7,10-14H2,1-2H3,(H,32,33)/t15?,16?,17?,18?,24-,25-,28?/m0/s1. The summed E-state index contributed by atoms with van der Waals surface area (Å²) < 4.78 is 27.2. The van der Waals surface area contributed by atoms with Crippen molar-refractivity contribution in [1.29, 1.82) is 0 Å². The summed E-state index contributed by atoms with van der Waals surface area (Å²) in [6, 6.07) is 1.97. The Morgan fingerprint density at radius 1 is 1.11 bits per heavy atom. The summed E-state index contributed by atoms with van der Waals surface area (Å²) >= 11 is 0. The van der Waals surface area contributed by atoms with Gasteiger partial charge in [-0.1, -0.05) is 6.92 Å². The van der Waals surface area contributed by atoms with Gasteiger partial charge in [-0.3, -0.25) is 4.79 Å². The van der Waals surface area contributed by atoms with E-state index in [-0.39, 0.29) is 29.4 Å². The van der Waals surface area contributed by atoms with Gasteiger partial charge < -0.3 is 19.5 Å². The fourth-order valence-electron chi connectivity index (χ4n) is 8.24. The van der Waals surface area contributed by atoms with Gasteiger partial charge in [0.2, 0.25) is 0 Å². The molecule has 5 saturated carbocycles. The van der Waals surface area contributed by atoms with Crippen molar-refractivity contribution < 1.29 is 28.6 Å². The number of carbonyl (C=O) groups is 2. The Balaban J connectivity index is 1.25. The van der Waals surface area contributed by atoms with Crippen molar-refractivity contribution in [2.45, 2.75) is 76.4 Å². The first-order valence-corrected chi connectivity index (χ1v) is 13.3. The minimum atomic E-state index is -1.09. The molecule has 5 aliphatic carbocycles. The monoisotopic (exact) mass is 485 g/mol. The molecule has 7 rings (SSSR count). The van der Waals surface area contributed by atoms with Gasteiger partial charge in [-0.05, 0) is 86.7 Å². The van der Waals surface area contributed by atoms with E-state index in [0.29, 0.717) is 12.4 Å². The first-order valence-electron chi connectivity index (χ1n) is 13.3. The number of methoxy groups -OCH3 is 1. The number of carboxylic acids is 1. The van der Waals surface area contributed by atoms with Crippen LogP contribution in [0.1, 0.15) is 80.1 Å². The molecule has 7 heteroatoms. The first kappa shape index (κ1) is 23.3. The van der Waals surface area contributed by atoms with Crippen LogP contribution < -0.4 is 4.74 Å². The van der Waals surface area contributed by atoms with E-state index in [0.717, 1.165) is 36.2 Å². The second-order valence-corrected chi connectivity index (χ2v) is 12.2. The number of carboxylic acid groups (broad SMARTS) is 1. The Morgan fingerprint density at radius 2 is 1.74 bits per heavy atom. The molecule has 3 atom stereocenters. The second kappa shape index (κ2) is 8.46. The lowest BCUT2D eigenvalue weighted by Crippen LogP contribution is -2.48. The third-order valence-corrected chi connectivity index (χ3v) is 9.66. The maximum Gasteiger partial charge on any atom is 0.326 e. The molecule has 1 aromatic carbocycles. The number of halogens is 1. The van der Waals surface area contributed by atoms with Crippen LogP contribution in [-0.4, -0.2) is 54.3 Å². The lowest BCUT2D eigenvalue weighted by molar-refractivity contribution is -0.142. The highest BCUT2D eigenvalue weighted by Crippen LogP contribution is 2.60. The molecule has 6 nitrogen and oxygen atoms in total. The van der Waals surface area contributed by atoms with Crippen LogP contribution in [0.4, 0.5) is 4.39 Å². The highest BCUT2D eigenvalue weighted by molar-refractivity contribution is 5.97. The third-order valence-electron chi connectivity index (χ3n) is 9.66. The minimum Gasteiger partial charge on any atom is -0.493 e. The number of amides is 1. The molecule has 1 amide bonds. The van der Waals surface area contributed by atoms with Crippen LogP contribution in [0.3, 0.4) is 0 Å². The van der Waals surface area contributed by atoms with Crippen molar-refractivity contribution in [1.82, 2.24) is 4.90 Å². The summed E-state index contributed by atoms with van der Waals surface area (Å²) in [6.45, 7) is 2.52. The number of hydrogen-bond donors (Lipinski definition) is 1. The van der Waals surface area contributed by atoms with Crippen LogP contribution in [0, 0.1) is 34.9 Å². The van der Waals surface area contributed by atoms with Crippen molar-refractivity contribution in [2.75, 3.05) is 20.3 Å². The first-order chi connectivity index (χ1) is 16.8. The van der Waals surface area contributed by atoms with Crippen LogP contribution in [-0.2, 0) is 9.53 Å². The van der Waals surface area contributed by atoms with E-state index in [2.05, 4.69) is 0 Å². The maximum atomic E-state index is 15.4. The molecule has 1 heterocycles. The third kappa shape index (κ3) is 4.04. The summed E-state index contributed by atoms with van der Waals surface area (Å²) in [4.78, 5) is 26.6. The van der Waals surface area contributed by atoms with Gasteiger partial charge in [0.15, 0.2) is 0 Å². The number of ether oxygens (including phenoxy) is 2. The Hall–Kier alpha value is -2.15. The molecule has 1 unspecified atom stereocenters.